The van der Waals surface area contributed by atoms with Gasteiger partial charge in [0.05, 0.1) is 6.61 Å². The van der Waals surface area contributed by atoms with E-state index in [2.05, 4.69) is 22.2 Å². The molecule has 0 saturated heterocycles. The predicted molar refractivity (Wildman–Crippen MR) is 75.6 cm³/mol. The van der Waals surface area contributed by atoms with Crippen LogP contribution in [0.4, 0.5) is 5.95 Å². The maximum absolute atomic E-state index is 5.89. The molecule has 0 fully saturated rings. The fourth-order valence-corrected chi connectivity index (χ4v) is 1.64. The fraction of sp³-hybridized carbons (Fsp3) is 0.692. The predicted octanol–water partition coefficient (Wildman–Crippen LogP) is 3.39. The molecule has 4 nitrogen and oxygen atoms in total. The van der Waals surface area contributed by atoms with Gasteiger partial charge in [-0.3, -0.25) is 0 Å². The molecular weight excluding hydrogens is 250 g/mol. The van der Waals surface area contributed by atoms with Gasteiger partial charge < -0.3 is 10.1 Å². The lowest BCUT2D eigenvalue weighted by Crippen LogP contribution is -2.09. The summed E-state index contributed by atoms with van der Waals surface area (Å²) < 4.78 is 5.51. The summed E-state index contributed by atoms with van der Waals surface area (Å²) >= 11 is 5.89. The van der Waals surface area contributed by atoms with Crippen molar-refractivity contribution in [2.24, 2.45) is 0 Å². The maximum atomic E-state index is 5.89. The van der Waals surface area contributed by atoms with Gasteiger partial charge in [0.25, 0.3) is 0 Å². The van der Waals surface area contributed by atoms with E-state index in [4.69, 9.17) is 16.3 Å². The number of anilines is 1. The molecule has 0 radical (unpaired) electrons. The molecule has 1 rings (SSSR count). The summed E-state index contributed by atoms with van der Waals surface area (Å²) in [5, 5.41) is 3.41. The number of hydrogen-bond donors (Lipinski definition) is 1. The third-order valence-electron chi connectivity index (χ3n) is 2.35. The second-order valence-corrected chi connectivity index (χ2v) is 5.11. The lowest BCUT2D eigenvalue weighted by atomic mass is 10.2. The molecule has 0 amide bonds. The van der Waals surface area contributed by atoms with Crippen molar-refractivity contribution in [2.45, 2.75) is 45.4 Å². The summed E-state index contributed by atoms with van der Waals surface area (Å²) in [5.41, 5.74) is 0.907. The zero-order valence-electron chi connectivity index (χ0n) is 11.4. The zero-order chi connectivity index (χ0) is 13.4. The van der Waals surface area contributed by atoms with Gasteiger partial charge >= 0.3 is 0 Å². The molecule has 5 heteroatoms. The summed E-state index contributed by atoms with van der Waals surface area (Å²) in [4.78, 5) is 8.63. The monoisotopic (exact) mass is 271 g/mol. The van der Waals surface area contributed by atoms with Crippen LogP contribution in [0.2, 0.25) is 0 Å². The highest BCUT2D eigenvalue weighted by Crippen LogP contribution is 2.12. The van der Waals surface area contributed by atoms with Crippen LogP contribution >= 0.6 is 11.6 Å². The average molecular weight is 272 g/mol. The van der Waals surface area contributed by atoms with Crippen LogP contribution in [0.15, 0.2) is 6.07 Å². The molecule has 0 aliphatic carbocycles. The van der Waals surface area contributed by atoms with E-state index in [1.54, 1.807) is 0 Å². The Labute approximate surface area is 114 Å². The molecule has 0 aromatic carbocycles. The largest absolute Gasteiger partial charge is 0.478 e. The number of alkyl halides is 1. The minimum atomic E-state index is 0.216. The molecule has 1 N–H and O–H groups in total. The van der Waals surface area contributed by atoms with Crippen molar-refractivity contribution < 1.29 is 4.74 Å². The maximum Gasteiger partial charge on any atom is 0.226 e. The summed E-state index contributed by atoms with van der Waals surface area (Å²) in [6, 6.07) is 1.85. The summed E-state index contributed by atoms with van der Waals surface area (Å²) in [6.07, 6.45) is 2.96. The average Bonchev–Trinajstić information content (AvgIpc) is 2.31. The molecule has 102 valence electrons. The van der Waals surface area contributed by atoms with Gasteiger partial charge in [0, 0.05) is 23.7 Å². The molecule has 0 aliphatic heterocycles. The van der Waals surface area contributed by atoms with E-state index >= 15 is 0 Å². The topological polar surface area (TPSA) is 47.0 Å². The quantitative estimate of drug-likeness (QED) is 0.582. The highest BCUT2D eigenvalue weighted by molar-refractivity contribution is 6.20. The van der Waals surface area contributed by atoms with Gasteiger partial charge in [-0.1, -0.05) is 6.92 Å². The van der Waals surface area contributed by atoms with Crippen LogP contribution in [-0.2, 0) is 0 Å². The van der Waals surface area contributed by atoms with Crippen LogP contribution in [0, 0.1) is 6.92 Å². The molecule has 0 bridgehead atoms. The number of hydrogen-bond acceptors (Lipinski definition) is 4. The summed E-state index contributed by atoms with van der Waals surface area (Å²) in [7, 11) is 0. The highest BCUT2D eigenvalue weighted by Gasteiger charge is 2.03. The number of nitrogens with zero attached hydrogens (tertiary/aromatic N) is 2. The Kier molecular flexibility index (Phi) is 6.80. The Balaban J connectivity index is 2.46. The van der Waals surface area contributed by atoms with Crippen LogP contribution in [0.1, 0.15) is 38.8 Å². The number of aromatic nitrogens is 2. The van der Waals surface area contributed by atoms with Gasteiger partial charge in [0.1, 0.15) is 0 Å². The molecule has 1 aromatic heterocycles. The molecular formula is C13H22ClN3O. The van der Waals surface area contributed by atoms with E-state index < -0.39 is 0 Å². The molecule has 18 heavy (non-hydrogen) atoms. The van der Waals surface area contributed by atoms with Gasteiger partial charge in [-0.15, -0.1) is 11.6 Å². The molecule has 1 unspecified atom stereocenters. The van der Waals surface area contributed by atoms with Crippen LogP contribution in [-0.4, -0.2) is 28.5 Å². The van der Waals surface area contributed by atoms with E-state index in [-0.39, 0.29) is 5.38 Å². The van der Waals surface area contributed by atoms with E-state index in [1.165, 1.54) is 0 Å². The van der Waals surface area contributed by atoms with Crippen molar-refractivity contribution in [3.05, 3.63) is 11.8 Å². The normalized spacial score (nSPS) is 12.2. The van der Waals surface area contributed by atoms with Crippen molar-refractivity contribution in [2.75, 3.05) is 18.5 Å². The number of rotatable bonds is 8. The SMILES string of the molecule is CCCOc1cc(C)nc(NCCCC(C)Cl)n1. The molecule has 0 aliphatic rings. The van der Waals surface area contributed by atoms with Crippen molar-refractivity contribution >= 4 is 17.5 Å². The second kappa shape index (κ2) is 8.14. The molecule has 1 heterocycles. The first-order valence-electron chi connectivity index (χ1n) is 6.48. The molecule has 1 atom stereocenters. The summed E-state index contributed by atoms with van der Waals surface area (Å²) in [5.74, 6) is 1.26. The fourth-order valence-electron chi connectivity index (χ4n) is 1.48. The van der Waals surface area contributed by atoms with Gasteiger partial charge in [-0.2, -0.15) is 4.98 Å². The van der Waals surface area contributed by atoms with Gasteiger partial charge in [0.15, 0.2) is 0 Å². The lowest BCUT2D eigenvalue weighted by molar-refractivity contribution is 0.305. The third kappa shape index (κ3) is 6.05. The molecule has 0 saturated carbocycles. The van der Waals surface area contributed by atoms with E-state index in [9.17, 15) is 0 Å². The minimum absolute atomic E-state index is 0.216. The molecule has 0 spiro atoms. The number of aryl methyl sites for hydroxylation is 1. The molecule has 1 aromatic rings. The van der Waals surface area contributed by atoms with Crippen molar-refractivity contribution in [1.29, 1.82) is 0 Å². The summed E-state index contributed by atoms with van der Waals surface area (Å²) in [6.45, 7) is 7.52. The Morgan fingerprint density at radius 1 is 1.44 bits per heavy atom. The van der Waals surface area contributed by atoms with Crippen molar-refractivity contribution in [1.82, 2.24) is 9.97 Å². The Morgan fingerprint density at radius 3 is 2.89 bits per heavy atom. The number of nitrogens with one attached hydrogen (secondary N) is 1. The van der Waals surface area contributed by atoms with Gasteiger partial charge in [0.2, 0.25) is 11.8 Å². The highest BCUT2D eigenvalue weighted by atomic mass is 35.5. The number of halogens is 1. The van der Waals surface area contributed by atoms with E-state index in [0.29, 0.717) is 18.4 Å². The van der Waals surface area contributed by atoms with Gasteiger partial charge in [-0.05, 0) is 33.1 Å². The van der Waals surface area contributed by atoms with E-state index in [1.807, 2.05) is 19.9 Å². The Bertz CT molecular complexity index is 358. The minimum Gasteiger partial charge on any atom is -0.478 e. The lowest BCUT2D eigenvalue weighted by Gasteiger charge is -2.09. The van der Waals surface area contributed by atoms with E-state index in [0.717, 1.165) is 31.5 Å². The first kappa shape index (κ1) is 15.0. The van der Waals surface area contributed by atoms with Crippen LogP contribution in [0.5, 0.6) is 5.88 Å². The van der Waals surface area contributed by atoms with Gasteiger partial charge in [-0.25, -0.2) is 4.98 Å². The van der Waals surface area contributed by atoms with Crippen molar-refractivity contribution in [3.8, 4) is 5.88 Å². The standard InChI is InChI=1S/C13H22ClN3O/c1-4-8-18-12-9-11(3)16-13(17-12)15-7-5-6-10(2)14/h9-10H,4-8H2,1-3H3,(H,15,16,17). The zero-order valence-corrected chi connectivity index (χ0v) is 12.1. The van der Waals surface area contributed by atoms with Crippen LogP contribution in [0.3, 0.4) is 0 Å². The van der Waals surface area contributed by atoms with Crippen molar-refractivity contribution in [3.63, 3.8) is 0 Å². The van der Waals surface area contributed by atoms with Crippen LogP contribution in [0.25, 0.3) is 0 Å². The smallest absolute Gasteiger partial charge is 0.226 e. The first-order chi connectivity index (χ1) is 8.61. The Hall–Kier alpha value is -1.03. The Morgan fingerprint density at radius 2 is 2.22 bits per heavy atom. The number of ether oxygens (including phenoxy) is 1. The third-order valence-corrected chi connectivity index (χ3v) is 2.56. The first-order valence-corrected chi connectivity index (χ1v) is 6.92. The second-order valence-electron chi connectivity index (χ2n) is 4.37. The van der Waals surface area contributed by atoms with Crippen LogP contribution < -0.4 is 10.1 Å².